The lowest BCUT2D eigenvalue weighted by atomic mass is 10.3. The Kier molecular flexibility index (Phi) is 4.38. The van der Waals surface area contributed by atoms with Gasteiger partial charge < -0.3 is 19.5 Å². The smallest absolute Gasteiger partial charge is 0.214 e. The van der Waals surface area contributed by atoms with Gasteiger partial charge in [-0.1, -0.05) is 0 Å². The fourth-order valence-corrected chi connectivity index (χ4v) is 5.92. The average Bonchev–Trinajstić information content (AvgIpc) is 3.14. The summed E-state index contributed by atoms with van der Waals surface area (Å²) in [5.41, 5.74) is 1.46. The first-order valence-corrected chi connectivity index (χ1v) is 10.5. The van der Waals surface area contributed by atoms with Crippen LogP contribution in [0.3, 0.4) is 0 Å². The molecule has 1 aromatic carbocycles. The quantitative estimate of drug-likeness (QED) is 0.699. The number of fused-ring (bicyclic) bond motifs is 1. The molecule has 4 rings (SSSR count). The summed E-state index contributed by atoms with van der Waals surface area (Å²) in [6, 6.07) is 7.51. The Morgan fingerprint density at radius 1 is 1.23 bits per heavy atom. The molecule has 0 unspecified atom stereocenters. The molecule has 0 radical (unpaired) electrons. The van der Waals surface area contributed by atoms with Crippen LogP contribution in [0.25, 0.3) is 5.65 Å². The number of hydrogen-bond acceptors (Lipinski definition) is 7. The molecule has 0 aliphatic carbocycles. The number of anilines is 2. The van der Waals surface area contributed by atoms with Gasteiger partial charge in [-0.2, -0.15) is 0 Å². The lowest BCUT2D eigenvalue weighted by molar-refractivity contribution is 0.361. The molecular weight excluding hydrogens is 351 g/mol. The van der Waals surface area contributed by atoms with Gasteiger partial charge in [0, 0.05) is 43.0 Å². The first-order valence-electron chi connectivity index (χ1n) is 8.46. The molecule has 1 saturated heterocycles. The maximum Gasteiger partial charge on any atom is 0.214 e. The van der Waals surface area contributed by atoms with Gasteiger partial charge in [0.05, 0.1) is 12.8 Å². The molecule has 1 aliphatic rings. The number of methoxy groups -OCH3 is 1. The molecule has 9 heteroatoms. The van der Waals surface area contributed by atoms with Crippen molar-refractivity contribution in [3.63, 3.8) is 0 Å². The minimum Gasteiger partial charge on any atom is -0.495 e. The normalized spacial score (nSPS) is 17.3. The van der Waals surface area contributed by atoms with Gasteiger partial charge in [0.1, 0.15) is 19.2 Å². The average molecular weight is 372 g/mol. The van der Waals surface area contributed by atoms with Gasteiger partial charge in [0.25, 0.3) is 0 Å². The van der Waals surface area contributed by atoms with Crippen molar-refractivity contribution in [2.24, 2.45) is 0 Å². The lowest BCUT2D eigenvalue weighted by Crippen LogP contribution is -2.34. The summed E-state index contributed by atoms with van der Waals surface area (Å²) in [6.07, 6.45) is 4.69. The minimum absolute atomic E-state index is 0.587. The van der Waals surface area contributed by atoms with E-state index in [2.05, 4.69) is 32.4 Å². The Morgan fingerprint density at radius 3 is 2.81 bits per heavy atom. The predicted molar refractivity (Wildman–Crippen MR) is 102 cm³/mol. The highest BCUT2D eigenvalue weighted by Gasteiger charge is 2.30. The van der Waals surface area contributed by atoms with E-state index < -0.39 is 7.14 Å². The number of rotatable bonds is 4. The summed E-state index contributed by atoms with van der Waals surface area (Å²) in [5, 5.41) is 12.0. The third kappa shape index (κ3) is 3.06. The zero-order chi connectivity index (χ0) is 18.1. The van der Waals surface area contributed by atoms with Crippen LogP contribution in [0.1, 0.15) is 0 Å². The molecule has 2 aromatic heterocycles. The van der Waals surface area contributed by atoms with E-state index in [-0.39, 0.29) is 0 Å². The van der Waals surface area contributed by atoms with Crippen LogP contribution < -0.4 is 15.4 Å². The molecule has 3 heterocycles. The Morgan fingerprint density at radius 2 is 2.04 bits per heavy atom. The van der Waals surface area contributed by atoms with Crippen LogP contribution >= 0.6 is 7.14 Å². The zero-order valence-electron chi connectivity index (χ0n) is 14.8. The summed E-state index contributed by atoms with van der Waals surface area (Å²) in [4.78, 5) is 6.56. The van der Waals surface area contributed by atoms with Gasteiger partial charge in [0.15, 0.2) is 5.65 Å². The van der Waals surface area contributed by atoms with Gasteiger partial charge in [-0.05, 0) is 25.2 Å². The molecule has 3 aromatic rings. The topological polar surface area (TPSA) is 84.6 Å². The highest BCUT2D eigenvalue weighted by Crippen LogP contribution is 2.47. The molecule has 8 nitrogen and oxygen atoms in total. The lowest BCUT2D eigenvalue weighted by Gasteiger charge is -2.30. The second kappa shape index (κ2) is 6.70. The van der Waals surface area contributed by atoms with Gasteiger partial charge >= 0.3 is 0 Å². The zero-order valence-corrected chi connectivity index (χ0v) is 15.7. The Bertz CT molecular complexity index is 976. The third-order valence-electron chi connectivity index (χ3n) is 4.81. The van der Waals surface area contributed by atoms with Crippen molar-refractivity contribution in [2.45, 2.75) is 0 Å². The Balaban J connectivity index is 1.66. The van der Waals surface area contributed by atoms with Crippen molar-refractivity contribution in [3.8, 4) is 5.75 Å². The van der Waals surface area contributed by atoms with E-state index in [1.165, 1.54) is 0 Å². The number of benzene rings is 1. The van der Waals surface area contributed by atoms with Crippen LogP contribution in [0, 0.1) is 0 Å². The maximum absolute atomic E-state index is 13.3. The van der Waals surface area contributed by atoms with E-state index in [0.29, 0.717) is 29.7 Å². The number of hydrogen-bond donors (Lipinski definition) is 1. The van der Waals surface area contributed by atoms with E-state index in [9.17, 15) is 4.57 Å². The molecule has 136 valence electrons. The van der Waals surface area contributed by atoms with Gasteiger partial charge in [-0.15, -0.1) is 10.2 Å². The maximum atomic E-state index is 13.3. The van der Waals surface area contributed by atoms with Crippen LogP contribution in [0.5, 0.6) is 5.75 Å². The molecule has 0 bridgehead atoms. The van der Waals surface area contributed by atoms with Crippen molar-refractivity contribution >= 4 is 29.7 Å². The highest BCUT2D eigenvalue weighted by molar-refractivity contribution is 7.71. The Hall–Kier alpha value is -2.44. The number of nitrogens with one attached hydrogen (secondary N) is 1. The van der Waals surface area contributed by atoms with Gasteiger partial charge in [-0.3, -0.25) is 4.40 Å². The summed E-state index contributed by atoms with van der Waals surface area (Å²) >= 11 is 0. The Labute approximate surface area is 151 Å². The van der Waals surface area contributed by atoms with Crippen LogP contribution in [-0.2, 0) is 4.57 Å². The first kappa shape index (κ1) is 17.0. The van der Waals surface area contributed by atoms with Crippen molar-refractivity contribution < 1.29 is 9.30 Å². The third-order valence-corrected chi connectivity index (χ3v) is 7.87. The fourth-order valence-electron chi connectivity index (χ4n) is 3.15. The fraction of sp³-hybridized carbons (Fsp3) is 0.353. The summed E-state index contributed by atoms with van der Waals surface area (Å²) in [5.74, 6) is 1.23. The van der Waals surface area contributed by atoms with E-state index >= 15 is 0 Å². The van der Waals surface area contributed by atoms with E-state index in [1.807, 2.05) is 18.2 Å². The minimum atomic E-state index is -2.37. The summed E-state index contributed by atoms with van der Waals surface area (Å²) < 4.78 is 20.6. The largest absolute Gasteiger partial charge is 0.495 e. The van der Waals surface area contributed by atoms with Gasteiger partial charge in [-0.25, -0.2) is 4.98 Å². The molecule has 0 amide bonds. The second-order valence-corrected chi connectivity index (χ2v) is 9.67. The highest BCUT2D eigenvalue weighted by atomic mass is 31.2. The molecule has 0 saturated carbocycles. The van der Waals surface area contributed by atoms with Crippen molar-refractivity contribution in [3.05, 3.63) is 36.8 Å². The van der Waals surface area contributed by atoms with Crippen LogP contribution in [0.2, 0.25) is 0 Å². The summed E-state index contributed by atoms with van der Waals surface area (Å²) in [6.45, 7) is 1.72. The van der Waals surface area contributed by atoms with E-state index in [1.54, 1.807) is 30.1 Å². The molecule has 1 aliphatic heterocycles. The van der Waals surface area contributed by atoms with E-state index in [0.717, 1.165) is 24.1 Å². The number of aromatic nitrogens is 4. The van der Waals surface area contributed by atoms with Crippen LogP contribution in [0.4, 0.5) is 11.6 Å². The van der Waals surface area contributed by atoms with E-state index in [4.69, 9.17) is 4.74 Å². The molecule has 1 fully saturated rings. The molecule has 1 N–H and O–H groups in total. The van der Waals surface area contributed by atoms with Crippen LogP contribution in [-0.4, -0.2) is 64.1 Å². The van der Waals surface area contributed by atoms with Crippen molar-refractivity contribution in [1.29, 1.82) is 0 Å². The SMILES string of the molecule is COc1cc(P2(=O)CCN(C)CC2)ccc1Nc1nccc2nncn12. The number of ether oxygens (including phenoxy) is 1. The first-order chi connectivity index (χ1) is 12.6. The van der Waals surface area contributed by atoms with Gasteiger partial charge in [0.2, 0.25) is 5.95 Å². The van der Waals surface area contributed by atoms with Crippen molar-refractivity contribution in [2.75, 3.05) is 44.9 Å². The molecule has 0 atom stereocenters. The second-order valence-electron chi connectivity index (χ2n) is 6.48. The summed E-state index contributed by atoms with van der Waals surface area (Å²) in [7, 11) is 1.31. The monoisotopic (exact) mass is 372 g/mol. The molecular formula is C17H21N6O2P. The van der Waals surface area contributed by atoms with Crippen LogP contribution in [0.15, 0.2) is 36.8 Å². The molecule has 26 heavy (non-hydrogen) atoms. The predicted octanol–water partition coefficient (Wildman–Crippen LogP) is 1.81. The molecule has 0 spiro atoms. The number of nitrogens with zero attached hydrogens (tertiary/aromatic N) is 5. The standard InChI is InChI=1S/C17H21N6O2P/c1-22-7-9-26(24,10-8-22)13-3-4-14(15(11-13)25-2)20-17-18-6-5-16-21-19-12-23(16)17/h3-6,11-12H,7-10H2,1-2H3,(H,18,20). The van der Waals surface area contributed by atoms with Crippen molar-refractivity contribution in [1.82, 2.24) is 24.5 Å².